The fraction of sp³-hybridized carbons (Fsp3) is 0.793. The highest BCUT2D eigenvalue weighted by atomic mass is 16.7. The lowest BCUT2D eigenvalue weighted by molar-refractivity contribution is -0.359. The van der Waals surface area contributed by atoms with Gasteiger partial charge in [-0.3, -0.25) is 4.79 Å². The van der Waals surface area contributed by atoms with Gasteiger partial charge in [0.05, 0.1) is 32.0 Å². The molecule has 2 fully saturated rings. The van der Waals surface area contributed by atoms with Crippen LogP contribution < -0.4 is 5.32 Å². The second-order valence-electron chi connectivity index (χ2n) is 27.5. The number of allylic oxidation sites excluding steroid dienone is 15. The normalized spacial score (nSPS) is 22.8. The van der Waals surface area contributed by atoms with Gasteiger partial charge in [-0.1, -0.05) is 336 Å². The molecule has 0 bridgehead atoms. The Morgan fingerprint density at radius 1 is 0.385 bits per heavy atom. The van der Waals surface area contributed by atoms with Crippen LogP contribution in [0.3, 0.4) is 0 Å². The molecule has 0 aliphatic carbocycles. The highest BCUT2D eigenvalue weighted by Gasteiger charge is 2.51. The first-order valence-electron chi connectivity index (χ1n) is 39.5. The number of nitrogens with one attached hydrogen (secondary N) is 1. The van der Waals surface area contributed by atoms with E-state index in [4.69, 9.17) is 18.9 Å². The van der Waals surface area contributed by atoms with Crippen molar-refractivity contribution in [1.82, 2.24) is 5.32 Å². The minimum absolute atomic E-state index is 0.237. The van der Waals surface area contributed by atoms with E-state index in [0.717, 1.165) is 83.5 Å². The molecule has 0 aromatic heterocycles. The van der Waals surface area contributed by atoms with Crippen LogP contribution in [0.4, 0.5) is 0 Å². The van der Waals surface area contributed by atoms with E-state index in [1.165, 1.54) is 212 Å². The van der Waals surface area contributed by atoms with Gasteiger partial charge < -0.3 is 65.1 Å². The number of hydrogen-bond acceptors (Lipinski definition) is 13. The predicted octanol–water partition coefficient (Wildman–Crippen LogP) is 17.7. The topological polar surface area (TPSA) is 228 Å². The number of aliphatic hydroxyl groups excluding tert-OH is 8. The Kier molecular flexibility index (Phi) is 60.5. The van der Waals surface area contributed by atoms with Crippen LogP contribution in [0.1, 0.15) is 322 Å². The molecule has 96 heavy (non-hydrogen) atoms. The summed E-state index contributed by atoms with van der Waals surface area (Å²) in [5, 5.41) is 87.6. The second kappa shape index (κ2) is 65.2. The molecule has 2 rings (SSSR count). The number of unbranched alkanes of at least 4 members (excludes halogenated alkanes) is 38. The Balaban J connectivity index is 1.60. The van der Waals surface area contributed by atoms with Crippen LogP contribution in [0.25, 0.3) is 0 Å². The van der Waals surface area contributed by atoms with Crippen molar-refractivity contribution in [3.8, 4) is 0 Å². The molecule has 2 aliphatic heterocycles. The summed E-state index contributed by atoms with van der Waals surface area (Å²) >= 11 is 0. The van der Waals surface area contributed by atoms with Crippen LogP contribution in [0, 0.1) is 0 Å². The van der Waals surface area contributed by atoms with E-state index < -0.39 is 86.8 Å². The summed E-state index contributed by atoms with van der Waals surface area (Å²) in [6.45, 7) is 2.72. The standard InChI is InChI=1S/C82H145NO13/c1-3-5-7-9-11-13-15-17-19-21-23-25-27-28-29-30-31-32-33-34-35-36-37-38-39-40-41-42-44-46-48-50-52-54-56-58-60-62-64-66-74(87)83-70(69-93-81-79(92)77(90)80(73(68-85)95-81)96-82-78(91)76(89)75(88)72(67-84)94-82)71(86)65-63-61-59-57-55-53-51-49-47-45-43-26-24-22-20-18-16-14-12-10-8-6-4-2/h5,7,11,13,17,19,23,25,28-29,31-32,34-35,63,65,70-73,75-82,84-86,88-92H,3-4,6,8-10,12,14-16,18,20-22,24,26-27,30,33,36-62,64,66-69H2,1-2H3,(H,83,87)/b7-5-,13-11-,19-17-,25-23-,29-28-,32-31-,35-34-,65-63+. The van der Waals surface area contributed by atoms with Crippen LogP contribution in [0.2, 0.25) is 0 Å². The van der Waals surface area contributed by atoms with E-state index in [1.807, 2.05) is 6.08 Å². The molecule has 9 N–H and O–H groups in total. The Labute approximate surface area is 585 Å². The highest BCUT2D eigenvalue weighted by Crippen LogP contribution is 2.30. The fourth-order valence-corrected chi connectivity index (χ4v) is 12.6. The van der Waals surface area contributed by atoms with Crippen molar-refractivity contribution < 1.29 is 64.6 Å². The van der Waals surface area contributed by atoms with Gasteiger partial charge >= 0.3 is 0 Å². The van der Waals surface area contributed by atoms with Crippen molar-refractivity contribution in [2.45, 2.75) is 396 Å². The number of amides is 1. The van der Waals surface area contributed by atoms with Gasteiger partial charge in [0.2, 0.25) is 5.91 Å². The van der Waals surface area contributed by atoms with Gasteiger partial charge in [0.25, 0.3) is 0 Å². The van der Waals surface area contributed by atoms with Gasteiger partial charge in [0, 0.05) is 6.42 Å². The van der Waals surface area contributed by atoms with E-state index in [1.54, 1.807) is 6.08 Å². The molecule has 12 atom stereocenters. The van der Waals surface area contributed by atoms with Gasteiger partial charge in [-0.2, -0.15) is 0 Å². The molecular weight excluding hydrogens is 1210 g/mol. The average molecular weight is 1350 g/mol. The summed E-state index contributed by atoms with van der Waals surface area (Å²) in [5.74, 6) is -0.237. The first-order valence-corrected chi connectivity index (χ1v) is 39.5. The van der Waals surface area contributed by atoms with Crippen molar-refractivity contribution in [2.24, 2.45) is 0 Å². The molecule has 14 nitrogen and oxygen atoms in total. The number of carbonyl (C=O) groups excluding carboxylic acids is 1. The van der Waals surface area contributed by atoms with Crippen molar-refractivity contribution in [2.75, 3.05) is 19.8 Å². The smallest absolute Gasteiger partial charge is 0.220 e. The summed E-state index contributed by atoms with van der Waals surface area (Å²) in [7, 11) is 0. The second-order valence-corrected chi connectivity index (χ2v) is 27.5. The zero-order valence-corrected chi connectivity index (χ0v) is 60.8. The van der Waals surface area contributed by atoms with Crippen molar-refractivity contribution in [3.05, 3.63) is 97.2 Å². The van der Waals surface area contributed by atoms with E-state index in [0.29, 0.717) is 6.42 Å². The fourth-order valence-electron chi connectivity index (χ4n) is 12.6. The highest BCUT2D eigenvalue weighted by molar-refractivity contribution is 5.76. The molecule has 2 aliphatic rings. The zero-order chi connectivity index (χ0) is 69.4. The van der Waals surface area contributed by atoms with Crippen LogP contribution in [-0.4, -0.2) is 140 Å². The lowest BCUT2D eigenvalue weighted by Gasteiger charge is -2.46. The molecular formula is C82H145NO13. The summed E-state index contributed by atoms with van der Waals surface area (Å²) in [6.07, 6.45) is 76.2. The maximum Gasteiger partial charge on any atom is 0.220 e. The number of ether oxygens (including phenoxy) is 4. The third-order valence-electron chi connectivity index (χ3n) is 18.8. The Morgan fingerprint density at radius 2 is 0.719 bits per heavy atom. The largest absolute Gasteiger partial charge is 0.394 e. The molecule has 0 aromatic carbocycles. The van der Waals surface area contributed by atoms with Crippen LogP contribution >= 0.6 is 0 Å². The molecule has 0 aromatic rings. The lowest BCUT2D eigenvalue weighted by atomic mass is 9.97. The number of carbonyl (C=O) groups is 1. The monoisotopic (exact) mass is 1350 g/mol. The van der Waals surface area contributed by atoms with Crippen LogP contribution in [-0.2, 0) is 23.7 Å². The Hall–Kier alpha value is -3.09. The van der Waals surface area contributed by atoms with Gasteiger partial charge in [0.15, 0.2) is 12.6 Å². The van der Waals surface area contributed by atoms with Crippen LogP contribution in [0.15, 0.2) is 97.2 Å². The molecule has 2 saturated heterocycles. The number of rotatable bonds is 65. The summed E-state index contributed by atoms with van der Waals surface area (Å²) in [5.41, 5.74) is 0. The van der Waals surface area contributed by atoms with E-state index in [2.05, 4.69) is 104 Å². The molecule has 0 saturated carbocycles. The Bertz CT molecular complexity index is 1980. The number of hydrogen-bond donors (Lipinski definition) is 9. The molecule has 1 amide bonds. The maximum atomic E-state index is 13.4. The van der Waals surface area contributed by atoms with Gasteiger partial charge in [-0.25, -0.2) is 0 Å². The SMILES string of the molecule is CC/C=C\C/C=C\C/C=C\C/C=C\C/C=C\C/C=C\C/C=C\CCCCCCCCCCCCCCCCCCCC(=O)NC(COC1OC(CO)C(OC2OC(CO)C(O)C(O)C2O)C(O)C1O)C(O)/C=C/CCCCCCCCCCCCCCCCCCCCCCC. The predicted molar refractivity (Wildman–Crippen MR) is 396 cm³/mol. The summed E-state index contributed by atoms with van der Waals surface area (Å²) in [6, 6.07) is -0.920. The molecule has 2 heterocycles. The van der Waals surface area contributed by atoms with Gasteiger partial charge in [-0.15, -0.1) is 0 Å². The number of aliphatic hydroxyl groups is 8. The molecule has 12 unspecified atom stereocenters. The minimum atomic E-state index is -1.79. The zero-order valence-electron chi connectivity index (χ0n) is 60.8. The quantitative estimate of drug-likeness (QED) is 0.0204. The van der Waals surface area contributed by atoms with Gasteiger partial charge in [0.1, 0.15) is 48.8 Å². The van der Waals surface area contributed by atoms with E-state index >= 15 is 0 Å². The summed E-state index contributed by atoms with van der Waals surface area (Å²) in [4.78, 5) is 13.4. The third kappa shape index (κ3) is 47.9. The first kappa shape index (κ1) is 89.0. The van der Waals surface area contributed by atoms with Crippen molar-refractivity contribution >= 4 is 5.91 Å². The molecule has 0 radical (unpaired) electrons. The maximum absolute atomic E-state index is 13.4. The van der Waals surface area contributed by atoms with E-state index in [-0.39, 0.29) is 18.9 Å². The first-order chi connectivity index (χ1) is 47.1. The van der Waals surface area contributed by atoms with Crippen molar-refractivity contribution in [3.63, 3.8) is 0 Å². The lowest BCUT2D eigenvalue weighted by Crippen LogP contribution is -2.65. The minimum Gasteiger partial charge on any atom is -0.394 e. The Morgan fingerprint density at radius 3 is 1.10 bits per heavy atom. The molecule has 0 spiro atoms. The third-order valence-corrected chi connectivity index (χ3v) is 18.8. The van der Waals surface area contributed by atoms with Crippen molar-refractivity contribution in [1.29, 1.82) is 0 Å². The summed E-state index contributed by atoms with van der Waals surface area (Å²) < 4.78 is 22.9. The molecule has 14 heteroatoms. The van der Waals surface area contributed by atoms with Crippen LogP contribution in [0.5, 0.6) is 0 Å². The molecule has 556 valence electrons. The van der Waals surface area contributed by atoms with Gasteiger partial charge in [-0.05, 0) is 77.0 Å². The van der Waals surface area contributed by atoms with E-state index in [9.17, 15) is 45.6 Å². The average Bonchev–Trinajstić information content (AvgIpc) is 0.806.